The monoisotopic (exact) mass is 256 g/mol. The van der Waals surface area contributed by atoms with Gasteiger partial charge in [-0.15, -0.1) is 11.3 Å². The minimum absolute atomic E-state index is 0.0246. The molecule has 0 saturated heterocycles. The molecule has 1 rings (SSSR count). The van der Waals surface area contributed by atoms with Gasteiger partial charge in [0.15, 0.2) is 0 Å². The number of carbonyl (C=O) groups is 1. The quantitative estimate of drug-likeness (QED) is 0.686. The first kappa shape index (κ1) is 14.2. The largest absolute Gasteiger partial charge is 0.383 e. The van der Waals surface area contributed by atoms with E-state index in [0.717, 1.165) is 6.42 Å². The molecular formula is C12H20N2O2S. The summed E-state index contributed by atoms with van der Waals surface area (Å²) in [7, 11) is 1.64. The molecule has 0 fully saturated rings. The molecule has 0 aliphatic carbocycles. The predicted molar refractivity (Wildman–Crippen MR) is 70.3 cm³/mol. The molecule has 0 saturated carbocycles. The van der Waals surface area contributed by atoms with Crippen molar-refractivity contribution in [2.75, 3.05) is 26.8 Å². The lowest BCUT2D eigenvalue weighted by Crippen LogP contribution is -2.34. The van der Waals surface area contributed by atoms with Crippen LogP contribution in [0.5, 0.6) is 0 Å². The van der Waals surface area contributed by atoms with Gasteiger partial charge in [-0.2, -0.15) is 0 Å². The van der Waals surface area contributed by atoms with Gasteiger partial charge in [-0.1, -0.05) is 6.92 Å². The Morgan fingerprint density at radius 1 is 1.53 bits per heavy atom. The molecule has 0 unspecified atom stereocenters. The van der Waals surface area contributed by atoms with Crippen molar-refractivity contribution in [1.29, 1.82) is 0 Å². The first-order chi connectivity index (χ1) is 8.27. The average Bonchev–Trinajstić information content (AvgIpc) is 2.79. The topological polar surface area (TPSA) is 50.4 Å². The third-order valence-corrected chi connectivity index (χ3v) is 3.40. The van der Waals surface area contributed by atoms with Crippen LogP contribution >= 0.6 is 11.3 Å². The van der Waals surface area contributed by atoms with Crippen molar-refractivity contribution in [3.05, 3.63) is 21.9 Å². The first-order valence-electron chi connectivity index (χ1n) is 5.79. The highest BCUT2D eigenvalue weighted by atomic mass is 32.1. The van der Waals surface area contributed by atoms with Crippen LogP contribution in [-0.2, 0) is 22.5 Å². The minimum atomic E-state index is 0.0246. The third kappa shape index (κ3) is 5.30. The molecule has 1 aromatic rings. The molecule has 0 aliphatic heterocycles. The van der Waals surface area contributed by atoms with Gasteiger partial charge in [0.05, 0.1) is 19.7 Å². The third-order valence-electron chi connectivity index (χ3n) is 2.43. The molecule has 0 aromatic carbocycles. The number of amides is 1. The van der Waals surface area contributed by atoms with Crippen molar-refractivity contribution in [2.45, 2.75) is 19.9 Å². The number of rotatable bonds is 8. The SMILES string of the molecule is CCc1ccsc1CNC(=O)CNCCOC. The van der Waals surface area contributed by atoms with Crippen LogP contribution in [0.25, 0.3) is 0 Å². The number of hydrogen-bond acceptors (Lipinski definition) is 4. The number of nitrogens with one attached hydrogen (secondary N) is 2. The summed E-state index contributed by atoms with van der Waals surface area (Å²) in [5.74, 6) is 0.0246. The fourth-order valence-corrected chi connectivity index (χ4v) is 2.37. The second-order valence-electron chi connectivity index (χ2n) is 3.67. The molecule has 0 aliphatic rings. The van der Waals surface area contributed by atoms with Gasteiger partial charge < -0.3 is 15.4 Å². The molecule has 4 nitrogen and oxygen atoms in total. The summed E-state index contributed by atoms with van der Waals surface area (Å²) in [5.41, 5.74) is 1.32. The highest BCUT2D eigenvalue weighted by Crippen LogP contribution is 2.16. The molecule has 96 valence electrons. The normalized spacial score (nSPS) is 10.5. The van der Waals surface area contributed by atoms with Gasteiger partial charge >= 0.3 is 0 Å². The first-order valence-corrected chi connectivity index (χ1v) is 6.67. The zero-order valence-corrected chi connectivity index (χ0v) is 11.2. The molecule has 0 atom stereocenters. The molecule has 0 radical (unpaired) electrons. The fourth-order valence-electron chi connectivity index (χ4n) is 1.45. The Morgan fingerprint density at radius 2 is 2.35 bits per heavy atom. The van der Waals surface area contributed by atoms with Gasteiger partial charge in [0.2, 0.25) is 5.91 Å². The molecule has 0 spiro atoms. The van der Waals surface area contributed by atoms with E-state index in [1.54, 1.807) is 18.4 Å². The van der Waals surface area contributed by atoms with E-state index in [9.17, 15) is 4.79 Å². The van der Waals surface area contributed by atoms with Crippen LogP contribution < -0.4 is 10.6 Å². The maximum atomic E-state index is 11.5. The maximum Gasteiger partial charge on any atom is 0.234 e. The highest BCUT2D eigenvalue weighted by Gasteiger charge is 2.04. The molecular weight excluding hydrogens is 236 g/mol. The van der Waals surface area contributed by atoms with Crippen LogP contribution in [0.1, 0.15) is 17.4 Å². The summed E-state index contributed by atoms with van der Waals surface area (Å²) in [5, 5.41) is 7.98. The lowest BCUT2D eigenvalue weighted by molar-refractivity contribution is -0.120. The summed E-state index contributed by atoms with van der Waals surface area (Å²) in [6.07, 6.45) is 1.01. The van der Waals surface area contributed by atoms with E-state index in [1.807, 2.05) is 0 Å². The number of aryl methyl sites for hydroxylation is 1. The molecule has 2 N–H and O–H groups in total. The van der Waals surface area contributed by atoms with Crippen LogP contribution in [0, 0.1) is 0 Å². The van der Waals surface area contributed by atoms with Gasteiger partial charge in [-0.25, -0.2) is 0 Å². The number of ether oxygens (including phenoxy) is 1. The van der Waals surface area contributed by atoms with Crippen molar-refractivity contribution in [1.82, 2.24) is 10.6 Å². The standard InChI is InChI=1S/C12H20N2O2S/c1-3-10-4-7-17-11(10)8-14-12(15)9-13-5-6-16-2/h4,7,13H,3,5-6,8-9H2,1-2H3,(H,14,15). The molecule has 17 heavy (non-hydrogen) atoms. The van der Waals surface area contributed by atoms with E-state index in [-0.39, 0.29) is 5.91 Å². The number of thiophene rings is 1. The van der Waals surface area contributed by atoms with Gasteiger partial charge in [-0.3, -0.25) is 4.79 Å². The van der Waals surface area contributed by atoms with Crippen LogP contribution in [-0.4, -0.2) is 32.7 Å². The Hall–Kier alpha value is -0.910. The van der Waals surface area contributed by atoms with E-state index in [1.165, 1.54) is 10.4 Å². The zero-order valence-electron chi connectivity index (χ0n) is 10.4. The van der Waals surface area contributed by atoms with Gasteiger partial charge in [0.1, 0.15) is 0 Å². The summed E-state index contributed by atoms with van der Waals surface area (Å²) in [6, 6.07) is 2.11. The second-order valence-corrected chi connectivity index (χ2v) is 4.67. The van der Waals surface area contributed by atoms with Crippen LogP contribution in [0.15, 0.2) is 11.4 Å². The Morgan fingerprint density at radius 3 is 3.06 bits per heavy atom. The number of methoxy groups -OCH3 is 1. The van der Waals surface area contributed by atoms with Crippen molar-refractivity contribution in [3.8, 4) is 0 Å². The predicted octanol–water partition coefficient (Wildman–Crippen LogP) is 1.16. The molecule has 1 heterocycles. The van der Waals surface area contributed by atoms with Crippen molar-refractivity contribution in [3.63, 3.8) is 0 Å². The Kier molecular flexibility index (Phi) is 6.84. The van der Waals surface area contributed by atoms with E-state index in [0.29, 0.717) is 26.2 Å². The van der Waals surface area contributed by atoms with Crippen LogP contribution in [0.2, 0.25) is 0 Å². The summed E-state index contributed by atoms with van der Waals surface area (Å²) < 4.78 is 4.88. The van der Waals surface area contributed by atoms with Gasteiger partial charge in [0, 0.05) is 18.5 Å². The summed E-state index contributed by atoms with van der Waals surface area (Å²) in [6.45, 7) is 4.42. The lowest BCUT2D eigenvalue weighted by atomic mass is 10.2. The van der Waals surface area contributed by atoms with Crippen LogP contribution in [0.4, 0.5) is 0 Å². The lowest BCUT2D eigenvalue weighted by Gasteiger charge is -2.06. The van der Waals surface area contributed by atoms with Crippen molar-refractivity contribution < 1.29 is 9.53 Å². The van der Waals surface area contributed by atoms with E-state index in [2.05, 4.69) is 29.0 Å². The summed E-state index contributed by atoms with van der Waals surface area (Å²) >= 11 is 1.69. The molecule has 1 amide bonds. The van der Waals surface area contributed by atoms with E-state index in [4.69, 9.17) is 4.74 Å². The second kappa shape index (κ2) is 8.22. The Bertz CT molecular complexity index is 339. The molecule has 5 heteroatoms. The Balaban J connectivity index is 2.19. The fraction of sp³-hybridized carbons (Fsp3) is 0.583. The van der Waals surface area contributed by atoms with Crippen molar-refractivity contribution in [2.24, 2.45) is 0 Å². The smallest absolute Gasteiger partial charge is 0.234 e. The molecule has 0 bridgehead atoms. The Labute approximate surface area is 106 Å². The average molecular weight is 256 g/mol. The van der Waals surface area contributed by atoms with E-state index >= 15 is 0 Å². The zero-order chi connectivity index (χ0) is 12.5. The maximum absolute atomic E-state index is 11.5. The van der Waals surface area contributed by atoms with Gasteiger partial charge in [0.25, 0.3) is 0 Å². The van der Waals surface area contributed by atoms with Crippen molar-refractivity contribution >= 4 is 17.2 Å². The number of hydrogen-bond donors (Lipinski definition) is 2. The van der Waals surface area contributed by atoms with E-state index < -0.39 is 0 Å². The highest BCUT2D eigenvalue weighted by molar-refractivity contribution is 7.10. The summed E-state index contributed by atoms with van der Waals surface area (Å²) in [4.78, 5) is 12.7. The minimum Gasteiger partial charge on any atom is -0.383 e. The molecule has 1 aromatic heterocycles. The van der Waals surface area contributed by atoms with Gasteiger partial charge in [-0.05, 0) is 23.4 Å². The van der Waals surface area contributed by atoms with Crippen LogP contribution in [0.3, 0.4) is 0 Å². The number of carbonyl (C=O) groups excluding carboxylic acids is 1.